The summed E-state index contributed by atoms with van der Waals surface area (Å²) in [6.07, 6.45) is 17.9. The van der Waals surface area contributed by atoms with Crippen molar-refractivity contribution in [3.05, 3.63) is 83.7 Å². The van der Waals surface area contributed by atoms with E-state index < -0.39 is 0 Å². The summed E-state index contributed by atoms with van der Waals surface area (Å²) in [6, 6.07) is 20.3. The Labute approximate surface area is 218 Å². The highest BCUT2D eigenvalue weighted by atomic mass is 16.3. The number of hydrogen-bond donors (Lipinski definition) is 0. The fourth-order valence-electron chi connectivity index (χ4n) is 7.73. The Hall–Kier alpha value is -3.33. The molecular formula is C34H35N2O+. The van der Waals surface area contributed by atoms with Gasteiger partial charge in [0.25, 0.3) is 5.82 Å². The fraction of sp³-hybridized carbons (Fsp3) is 0.382. The van der Waals surface area contributed by atoms with Gasteiger partial charge in [-0.15, -0.1) is 0 Å². The smallest absolute Gasteiger partial charge is 0.294 e. The largest absolute Gasteiger partial charge is 0.452 e. The molecule has 3 heteroatoms. The normalized spacial score (nSPS) is 18.5. The Morgan fingerprint density at radius 1 is 0.757 bits per heavy atom. The molecule has 0 radical (unpaired) electrons. The van der Waals surface area contributed by atoms with Crippen LogP contribution < -0.4 is 4.57 Å². The first-order valence-corrected chi connectivity index (χ1v) is 14.5. The highest BCUT2D eigenvalue weighted by Crippen LogP contribution is 2.48. The van der Waals surface area contributed by atoms with E-state index in [1.807, 2.05) is 0 Å². The minimum absolute atomic E-state index is 0.600. The van der Waals surface area contributed by atoms with Gasteiger partial charge >= 0.3 is 0 Å². The van der Waals surface area contributed by atoms with Crippen molar-refractivity contribution >= 4 is 21.9 Å². The van der Waals surface area contributed by atoms with Crippen LogP contribution in [-0.2, 0) is 6.54 Å². The lowest BCUT2D eigenvalue weighted by molar-refractivity contribution is -0.671. The van der Waals surface area contributed by atoms with Gasteiger partial charge in [-0.05, 0) is 55.2 Å². The lowest BCUT2D eigenvalue weighted by Gasteiger charge is -2.27. The van der Waals surface area contributed by atoms with Gasteiger partial charge in [0.15, 0.2) is 11.3 Å². The summed E-state index contributed by atoms with van der Waals surface area (Å²) in [5.41, 5.74) is 9.26. The number of imidazole rings is 1. The minimum atomic E-state index is 0.600. The van der Waals surface area contributed by atoms with Crippen LogP contribution >= 0.6 is 0 Å². The van der Waals surface area contributed by atoms with E-state index in [0.29, 0.717) is 11.8 Å². The fourth-order valence-corrected chi connectivity index (χ4v) is 7.73. The third kappa shape index (κ3) is 3.36. The zero-order valence-corrected chi connectivity index (χ0v) is 21.6. The molecule has 3 aromatic carbocycles. The average Bonchev–Trinajstić information content (AvgIpc) is 3.65. The van der Waals surface area contributed by atoms with E-state index in [1.165, 1.54) is 103 Å². The first-order valence-electron chi connectivity index (χ1n) is 14.5. The lowest BCUT2D eigenvalue weighted by Crippen LogP contribution is -2.30. The molecule has 3 nitrogen and oxygen atoms in total. The molecule has 2 fully saturated rings. The van der Waals surface area contributed by atoms with E-state index in [9.17, 15) is 0 Å². The molecule has 0 N–H and O–H groups in total. The Morgan fingerprint density at radius 3 is 2.27 bits per heavy atom. The molecular weight excluding hydrogens is 452 g/mol. The van der Waals surface area contributed by atoms with Gasteiger partial charge < -0.3 is 4.42 Å². The monoisotopic (exact) mass is 487 g/mol. The van der Waals surface area contributed by atoms with Crippen molar-refractivity contribution in [3.63, 3.8) is 0 Å². The van der Waals surface area contributed by atoms with Crippen molar-refractivity contribution in [2.24, 2.45) is 0 Å². The number of rotatable bonds is 3. The number of nitrogens with zero attached hydrogens (tertiary/aromatic N) is 2. The zero-order valence-electron chi connectivity index (χ0n) is 21.6. The summed E-state index contributed by atoms with van der Waals surface area (Å²) in [6.45, 7) is 0.945. The quantitative estimate of drug-likeness (QED) is 0.229. The zero-order chi connectivity index (χ0) is 24.3. The van der Waals surface area contributed by atoms with Crippen molar-refractivity contribution in [2.45, 2.75) is 82.6 Å². The van der Waals surface area contributed by atoms with Crippen LogP contribution in [0, 0.1) is 0 Å². The van der Waals surface area contributed by atoms with Gasteiger partial charge in [-0.25, -0.2) is 4.57 Å². The van der Waals surface area contributed by atoms with Crippen LogP contribution in [0.15, 0.2) is 71.4 Å². The summed E-state index contributed by atoms with van der Waals surface area (Å²) in [4.78, 5) is 0. The topological polar surface area (TPSA) is 21.9 Å². The molecule has 0 atom stereocenters. The molecule has 1 aliphatic heterocycles. The Bertz CT molecular complexity index is 1620. The first kappa shape index (κ1) is 21.7. The highest BCUT2D eigenvalue weighted by molar-refractivity contribution is 6.10. The third-order valence-electron chi connectivity index (χ3n) is 9.51. The molecule has 37 heavy (non-hydrogen) atoms. The summed E-state index contributed by atoms with van der Waals surface area (Å²) in [7, 11) is 0. The molecule has 0 amide bonds. The molecule has 3 aliphatic rings. The maximum atomic E-state index is 6.89. The molecule has 0 spiro atoms. The van der Waals surface area contributed by atoms with Gasteiger partial charge in [0.2, 0.25) is 0 Å². The predicted octanol–water partition coefficient (Wildman–Crippen LogP) is 8.79. The van der Waals surface area contributed by atoms with Gasteiger partial charge in [0, 0.05) is 21.9 Å². The van der Waals surface area contributed by atoms with Crippen LogP contribution in [0.25, 0.3) is 39.0 Å². The second kappa shape index (κ2) is 8.62. The molecule has 2 aliphatic carbocycles. The van der Waals surface area contributed by atoms with Crippen molar-refractivity contribution in [1.29, 1.82) is 0 Å². The maximum absolute atomic E-state index is 6.89. The van der Waals surface area contributed by atoms with Gasteiger partial charge in [0.1, 0.15) is 24.5 Å². The highest BCUT2D eigenvalue weighted by Gasteiger charge is 2.36. The molecule has 8 rings (SSSR count). The maximum Gasteiger partial charge on any atom is 0.294 e. The Balaban J connectivity index is 1.46. The van der Waals surface area contributed by atoms with E-state index in [2.05, 4.69) is 76.1 Å². The predicted molar refractivity (Wildman–Crippen MR) is 149 cm³/mol. The third-order valence-corrected chi connectivity index (χ3v) is 9.51. The van der Waals surface area contributed by atoms with E-state index in [1.54, 1.807) is 5.56 Å². The van der Waals surface area contributed by atoms with Crippen LogP contribution in [0.4, 0.5) is 0 Å². The molecule has 3 heterocycles. The standard InChI is InChI=1S/C34H35N2O/c1-3-11-23(12-4-1)28-21-29(24-13-5-2-6-14-24)32(33-31(28)27-17-9-10-18-30(27)37-33)36-20-19-35-22-25-15-7-8-16-26(25)34(35)36/h7-10,15-21,23-24H,1-6,11-14,22H2/q+1. The molecule has 2 aromatic heterocycles. The van der Waals surface area contributed by atoms with Crippen LogP contribution in [0.3, 0.4) is 0 Å². The molecule has 2 saturated carbocycles. The van der Waals surface area contributed by atoms with E-state index in [0.717, 1.165) is 17.7 Å². The van der Waals surface area contributed by atoms with Crippen LogP contribution in [-0.4, -0.2) is 4.57 Å². The number of fused-ring (bicyclic) bond motifs is 6. The Kier molecular flexibility index (Phi) is 5.06. The van der Waals surface area contributed by atoms with Crippen LogP contribution in [0.5, 0.6) is 0 Å². The molecule has 0 saturated heterocycles. The van der Waals surface area contributed by atoms with Gasteiger partial charge in [-0.3, -0.25) is 0 Å². The van der Waals surface area contributed by atoms with Crippen molar-refractivity contribution in [3.8, 4) is 17.1 Å². The second-order valence-corrected chi connectivity index (χ2v) is 11.7. The number of furan rings is 1. The van der Waals surface area contributed by atoms with Gasteiger partial charge in [-0.1, -0.05) is 81.0 Å². The van der Waals surface area contributed by atoms with Gasteiger partial charge in [-0.2, -0.15) is 4.57 Å². The molecule has 0 bridgehead atoms. The number of hydrogen-bond acceptors (Lipinski definition) is 1. The van der Waals surface area contributed by atoms with Gasteiger partial charge in [0.05, 0.1) is 5.56 Å². The summed E-state index contributed by atoms with van der Waals surface area (Å²) in [5, 5.41) is 2.65. The summed E-state index contributed by atoms with van der Waals surface area (Å²) in [5.74, 6) is 2.53. The minimum Gasteiger partial charge on any atom is -0.452 e. The van der Waals surface area contributed by atoms with E-state index in [4.69, 9.17) is 4.42 Å². The van der Waals surface area contributed by atoms with Crippen LogP contribution in [0.2, 0.25) is 0 Å². The molecule has 0 unspecified atom stereocenters. The summed E-state index contributed by atoms with van der Waals surface area (Å²) < 4.78 is 11.8. The number of para-hydroxylation sites is 1. The molecule has 5 aromatic rings. The van der Waals surface area contributed by atoms with Crippen molar-refractivity contribution < 1.29 is 8.98 Å². The van der Waals surface area contributed by atoms with E-state index >= 15 is 0 Å². The molecule has 186 valence electrons. The van der Waals surface area contributed by atoms with Crippen molar-refractivity contribution in [1.82, 2.24) is 4.57 Å². The van der Waals surface area contributed by atoms with Crippen LogP contribution in [0.1, 0.15) is 92.7 Å². The second-order valence-electron chi connectivity index (χ2n) is 11.7. The number of aromatic nitrogens is 2. The van der Waals surface area contributed by atoms with E-state index in [-0.39, 0.29) is 0 Å². The average molecular weight is 488 g/mol. The lowest BCUT2D eigenvalue weighted by atomic mass is 9.77. The Morgan fingerprint density at radius 2 is 1.46 bits per heavy atom. The first-order chi connectivity index (χ1) is 18.4. The number of benzene rings is 3. The van der Waals surface area contributed by atoms with Crippen molar-refractivity contribution in [2.75, 3.05) is 0 Å². The summed E-state index contributed by atoms with van der Waals surface area (Å²) >= 11 is 0. The SMILES string of the molecule is c1ccc2c(c1)C[n+]1ccn(-c3c(C4CCCCC4)cc(C4CCCCC4)c4c3oc3ccccc34)c1-2.